The minimum absolute atomic E-state index is 0.0384. The van der Waals surface area contributed by atoms with E-state index in [1.54, 1.807) is 12.4 Å². The number of nitrogens with one attached hydrogen (secondary N) is 2. The maximum absolute atomic E-state index is 11.8. The molecule has 0 aliphatic heterocycles. The van der Waals surface area contributed by atoms with E-state index >= 15 is 0 Å². The Labute approximate surface area is 125 Å². The van der Waals surface area contributed by atoms with Gasteiger partial charge in [-0.25, -0.2) is 0 Å². The minimum atomic E-state index is -0.0384. The Balaban J connectivity index is 1.76. The predicted molar refractivity (Wildman–Crippen MR) is 85.3 cm³/mol. The fraction of sp³-hybridized carbons (Fsp3) is 0.250. The summed E-state index contributed by atoms with van der Waals surface area (Å²) < 4.78 is 0. The van der Waals surface area contributed by atoms with E-state index in [2.05, 4.69) is 15.6 Å². The average Bonchev–Trinajstić information content (AvgIpc) is 2.52. The lowest BCUT2D eigenvalue weighted by Crippen LogP contribution is -2.29. The molecule has 0 saturated carbocycles. The summed E-state index contributed by atoms with van der Waals surface area (Å²) in [6.45, 7) is 0.773. The number of anilines is 2. The van der Waals surface area contributed by atoms with Crippen molar-refractivity contribution < 1.29 is 4.79 Å². The Hall–Kier alpha value is -2.56. The molecule has 0 radical (unpaired) electrons. The van der Waals surface area contributed by atoms with Gasteiger partial charge in [0.15, 0.2) is 0 Å². The molecule has 5 heteroatoms. The number of carbonyl (C=O) groups excluding carboxylic acids is 1. The number of amides is 1. The molecule has 0 saturated heterocycles. The summed E-state index contributed by atoms with van der Waals surface area (Å²) in [4.78, 5) is 17.7. The zero-order valence-electron chi connectivity index (χ0n) is 12.3. The molecule has 21 heavy (non-hydrogen) atoms. The molecule has 1 aromatic heterocycles. The van der Waals surface area contributed by atoms with Gasteiger partial charge in [-0.15, -0.1) is 0 Å². The van der Waals surface area contributed by atoms with Gasteiger partial charge >= 0.3 is 0 Å². The number of hydrogen-bond acceptors (Lipinski definition) is 4. The highest BCUT2D eigenvalue weighted by molar-refractivity contribution is 5.80. The zero-order chi connectivity index (χ0) is 15.1. The lowest BCUT2D eigenvalue weighted by molar-refractivity contribution is -0.119. The van der Waals surface area contributed by atoms with Crippen molar-refractivity contribution in [3.05, 3.63) is 54.4 Å². The molecule has 110 valence electrons. The molecule has 1 aromatic carbocycles. The third-order valence-corrected chi connectivity index (χ3v) is 3.08. The quantitative estimate of drug-likeness (QED) is 0.850. The molecule has 2 N–H and O–H groups in total. The predicted octanol–water partition coefficient (Wildman–Crippen LogP) is 1.88. The fourth-order valence-electron chi connectivity index (χ4n) is 1.82. The van der Waals surface area contributed by atoms with Crippen LogP contribution in [0.15, 0.2) is 48.8 Å². The van der Waals surface area contributed by atoms with Crippen LogP contribution in [0.25, 0.3) is 0 Å². The molecule has 0 atom stereocenters. The average molecular weight is 284 g/mol. The van der Waals surface area contributed by atoms with Crippen molar-refractivity contribution in [2.45, 2.75) is 6.54 Å². The van der Waals surface area contributed by atoms with Gasteiger partial charge in [0.05, 0.1) is 6.54 Å². The van der Waals surface area contributed by atoms with E-state index in [0.29, 0.717) is 6.54 Å². The summed E-state index contributed by atoms with van der Waals surface area (Å²) in [5.41, 5.74) is 3.09. The van der Waals surface area contributed by atoms with E-state index in [4.69, 9.17) is 0 Å². The van der Waals surface area contributed by atoms with Crippen LogP contribution in [0.4, 0.5) is 11.4 Å². The van der Waals surface area contributed by atoms with E-state index in [1.165, 1.54) is 0 Å². The topological polar surface area (TPSA) is 57.3 Å². The zero-order valence-corrected chi connectivity index (χ0v) is 12.3. The number of pyridine rings is 1. The van der Waals surface area contributed by atoms with Crippen LogP contribution in [0.2, 0.25) is 0 Å². The van der Waals surface area contributed by atoms with Gasteiger partial charge < -0.3 is 15.5 Å². The summed E-state index contributed by atoms with van der Waals surface area (Å²) in [6, 6.07) is 11.7. The van der Waals surface area contributed by atoms with Crippen LogP contribution in [0.3, 0.4) is 0 Å². The molecule has 0 unspecified atom stereocenters. The Kier molecular flexibility index (Phi) is 5.15. The fourth-order valence-corrected chi connectivity index (χ4v) is 1.82. The number of rotatable bonds is 6. The first kappa shape index (κ1) is 14.8. The van der Waals surface area contributed by atoms with Crippen molar-refractivity contribution in [3.63, 3.8) is 0 Å². The van der Waals surface area contributed by atoms with Crippen LogP contribution in [-0.4, -0.2) is 31.5 Å². The molecule has 0 aliphatic carbocycles. The van der Waals surface area contributed by atoms with Crippen molar-refractivity contribution in [1.82, 2.24) is 10.3 Å². The van der Waals surface area contributed by atoms with E-state index in [-0.39, 0.29) is 12.5 Å². The van der Waals surface area contributed by atoms with E-state index in [1.807, 2.05) is 55.4 Å². The van der Waals surface area contributed by atoms with Gasteiger partial charge in [-0.2, -0.15) is 0 Å². The van der Waals surface area contributed by atoms with Crippen LogP contribution < -0.4 is 15.5 Å². The number of benzene rings is 1. The van der Waals surface area contributed by atoms with Crippen LogP contribution in [0.5, 0.6) is 0 Å². The molecular formula is C16H20N4O. The molecule has 2 rings (SSSR count). The summed E-state index contributed by atoms with van der Waals surface area (Å²) in [7, 11) is 3.99. The minimum Gasteiger partial charge on any atom is -0.378 e. The van der Waals surface area contributed by atoms with Gasteiger partial charge in [0, 0.05) is 44.4 Å². The third kappa shape index (κ3) is 4.80. The molecule has 0 spiro atoms. The normalized spacial score (nSPS) is 10.0. The molecule has 1 heterocycles. The van der Waals surface area contributed by atoms with Crippen LogP contribution >= 0.6 is 0 Å². The Bertz CT molecular complexity index is 567. The van der Waals surface area contributed by atoms with E-state index in [9.17, 15) is 4.79 Å². The maximum atomic E-state index is 11.8. The van der Waals surface area contributed by atoms with Gasteiger partial charge in [-0.05, 0) is 42.0 Å². The van der Waals surface area contributed by atoms with Crippen molar-refractivity contribution >= 4 is 17.3 Å². The van der Waals surface area contributed by atoms with Crippen LogP contribution in [0.1, 0.15) is 5.56 Å². The molecular weight excluding hydrogens is 264 g/mol. The smallest absolute Gasteiger partial charge is 0.239 e. The molecule has 2 aromatic rings. The second-order valence-corrected chi connectivity index (χ2v) is 4.93. The molecule has 0 fully saturated rings. The van der Waals surface area contributed by atoms with Gasteiger partial charge in [-0.3, -0.25) is 9.78 Å². The summed E-state index contributed by atoms with van der Waals surface area (Å²) in [5.74, 6) is -0.0384. The second-order valence-electron chi connectivity index (χ2n) is 4.93. The monoisotopic (exact) mass is 284 g/mol. The standard InChI is InChI=1S/C16H20N4O/c1-20(2)15-5-3-14(4-6-15)18-12-16(21)19-11-13-7-9-17-10-8-13/h3-10,18H,11-12H2,1-2H3,(H,19,21). The lowest BCUT2D eigenvalue weighted by Gasteiger charge is -2.13. The van der Waals surface area contributed by atoms with Gasteiger partial charge in [0.25, 0.3) is 0 Å². The van der Waals surface area contributed by atoms with Gasteiger partial charge in [-0.1, -0.05) is 0 Å². The first-order chi connectivity index (χ1) is 10.1. The highest BCUT2D eigenvalue weighted by Gasteiger charge is 2.02. The van der Waals surface area contributed by atoms with E-state index in [0.717, 1.165) is 16.9 Å². The number of carbonyl (C=O) groups is 1. The molecule has 1 amide bonds. The lowest BCUT2D eigenvalue weighted by atomic mass is 10.2. The maximum Gasteiger partial charge on any atom is 0.239 e. The Morgan fingerprint density at radius 2 is 1.76 bits per heavy atom. The molecule has 0 aliphatic rings. The summed E-state index contributed by atoms with van der Waals surface area (Å²) >= 11 is 0. The van der Waals surface area contributed by atoms with E-state index < -0.39 is 0 Å². The van der Waals surface area contributed by atoms with Crippen LogP contribution in [-0.2, 0) is 11.3 Å². The SMILES string of the molecule is CN(C)c1ccc(NCC(=O)NCc2ccncc2)cc1. The van der Waals surface area contributed by atoms with Crippen LogP contribution in [0, 0.1) is 0 Å². The number of hydrogen-bond donors (Lipinski definition) is 2. The first-order valence-electron chi connectivity index (χ1n) is 6.82. The largest absolute Gasteiger partial charge is 0.378 e. The highest BCUT2D eigenvalue weighted by Crippen LogP contribution is 2.15. The summed E-state index contributed by atoms with van der Waals surface area (Å²) in [5, 5.41) is 5.97. The number of aromatic nitrogens is 1. The van der Waals surface area contributed by atoms with Crippen molar-refractivity contribution in [3.8, 4) is 0 Å². The second kappa shape index (κ2) is 7.28. The third-order valence-electron chi connectivity index (χ3n) is 3.08. The number of nitrogens with zero attached hydrogens (tertiary/aromatic N) is 2. The Morgan fingerprint density at radius 1 is 1.10 bits per heavy atom. The van der Waals surface area contributed by atoms with Crippen molar-refractivity contribution in [1.29, 1.82) is 0 Å². The van der Waals surface area contributed by atoms with Gasteiger partial charge in [0.1, 0.15) is 0 Å². The van der Waals surface area contributed by atoms with Crippen molar-refractivity contribution in [2.75, 3.05) is 30.9 Å². The van der Waals surface area contributed by atoms with Crippen molar-refractivity contribution in [2.24, 2.45) is 0 Å². The van der Waals surface area contributed by atoms with Gasteiger partial charge in [0.2, 0.25) is 5.91 Å². The highest BCUT2D eigenvalue weighted by atomic mass is 16.1. The first-order valence-corrected chi connectivity index (χ1v) is 6.82. The molecule has 0 bridgehead atoms. The summed E-state index contributed by atoms with van der Waals surface area (Å²) in [6.07, 6.45) is 3.43. The Morgan fingerprint density at radius 3 is 2.38 bits per heavy atom. The molecule has 5 nitrogen and oxygen atoms in total.